The Bertz CT molecular complexity index is 469. The monoisotopic (exact) mass is 297 g/mol. The Labute approximate surface area is 110 Å². The highest BCUT2D eigenvalue weighted by Gasteiger charge is 2.36. The van der Waals surface area contributed by atoms with Gasteiger partial charge in [0.05, 0.1) is 16.3 Å². The molecule has 0 aliphatic heterocycles. The number of hydrogen-bond donors (Lipinski definition) is 1. The van der Waals surface area contributed by atoms with Crippen LogP contribution in [0.2, 0.25) is 0 Å². The molecule has 7 heteroatoms. The zero-order valence-corrected chi connectivity index (χ0v) is 12.6. The summed E-state index contributed by atoms with van der Waals surface area (Å²) in [4.78, 5) is 0. The average molecular weight is 297 g/mol. The summed E-state index contributed by atoms with van der Waals surface area (Å²) in [5.41, 5.74) is 5.69. The summed E-state index contributed by atoms with van der Waals surface area (Å²) < 4.78 is 47.3. The molecule has 3 unspecified atom stereocenters. The zero-order valence-electron chi connectivity index (χ0n) is 11.0. The van der Waals surface area contributed by atoms with Gasteiger partial charge in [-0.15, -0.1) is 0 Å². The summed E-state index contributed by atoms with van der Waals surface area (Å²) in [6, 6.07) is -0.353. The molecule has 0 bridgehead atoms. The van der Waals surface area contributed by atoms with Crippen molar-refractivity contribution in [2.24, 2.45) is 5.73 Å². The van der Waals surface area contributed by atoms with Crippen molar-refractivity contribution in [2.45, 2.75) is 55.6 Å². The molecule has 5 nitrogen and oxygen atoms in total. The van der Waals surface area contributed by atoms with Crippen LogP contribution in [0.1, 0.15) is 39.0 Å². The standard InChI is InChI=1S/C11H23NO4S2/c1-3-9(12)8-18(15,16)11-6-4-5-10(7-11)17(2,13)14/h9-11H,3-8,12H2,1-2H3. The van der Waals surface area contributed by atoms with Crippen molar-refractivity contribution >= 4 is 19.7 Å². The highest BCUT2D eigenvalue weighted by molar-refractivity contribution is 7.92. The van der Waals surface area contributed by atoms with Crippen molar-refractivity contribution in [3.05, 3.63) is 0 Å². The van der Waals surface area contributed by atoms with E-state index in [1.165, 1.54) is 6.26 Å². The van der Waals surface area contributed by atoms with Gasteiger partial charge in [-0.2, -0.15) is 0 Å². The summed E-state index contributed by atoms with van der Waals surface area (Å²) in [6.45, 7) is 1.85. The zero-order chi connectivity index (χ0) is 14.0. The van der Waals surface area contributed by atoms with E-state index in [2.05, 4.69) is 0 Å². The largest absolute Gasteiger partial charge is 0.327 e. The Balaban J connectivity index is 2.78. The van der Waals surface area contributed by atoms with Gasteiger partial charge in [0.25, 0.3) is 0 Å². The fourth-order valence-electron chi connectivity index (χ4n) is 2.37. The minimum Gasteiger partial charge on any atom is -0.327 e. The molecule has 0 radical (unpaired) electrons. The molecule has 0 aromatic carbocycles. The van der Waals surface area contributed by atoms with Gasteiger partial charge in [-0.1, -0.05) is 13.3 Å². The van der Waals surface area contributed by atoms with Crippen LogP contribution in [0, 0.1) is 0 Å². The van der Waals surface area contributed by atoms with Gasteiger partial charge in [-0.05, 0) is 25.7 Å². The van der Waals surface area contributed by atoms with Gasteiger partial charge in [-0.25, -0.2) is 16.8 Å². The van der Waals surface area contributed by atoms with Gasteiger partial charge < -0.3 is 5.73 Å². The molecule has 0 spiro atoms. The molecule has 1 saturated carbocycles. The Hall–Kier alpha value is -0.140. The fraction of sp³-hybridized carbons (Fsp3) is 1.00. The minimum atomic E-state index is -3.28. The van der Waals surface area contributed by atoms with E-state index >= 15 is 0 Å². The van der Waals surface area contributed by atoms with Crippen molar-refractivity contribution in [3.8, 4) is 0 Å². The Morgan fingerprint density at radius 2 is 1.72 bits per heavy atom. The topological polar surface area (TPSA) is 94.3 Å². The van der Waals surface area contributed by atoms with Crippen molar-refractivity contribution in [1.82, 2.24) is 0 Å². The lowest BCUT2D eigenvalue weighted by molar-refractivity contribution is 0.471. The van der Waals surface area contributed by atoms with E-state index in [4.69, 9.17) is 5.73 Å². The molecule has 0 amide bonds. The molecule has 1 fully saturated rings. The average Bonchev–Trinajstić information content (AvgIpc) is 2.27. The third-order valence-electron chi connectivity index (χ3n) is 3.66. The van der Waals surface area contributed by atoms with E-state index in [9.17, 15) is 16.8 Å². The van der Waals surface area contributed by atoms with Gasteiger partial charge in [0.2, 0.25) is 0 Å². The second-order valence-electron chi connectivity index (χ2n) is 5.24. The molecule has 1 aliphatic carbocycles. The van der Waals surface area contributed by atoms with Crippen molar-refractivity contribution in [1.29, 1.82) is 0 Å². The lowest BCUT2D eigenvalue weighted by Crippen LogP contribution is -2.39. The van der Waals surface area contributed by atoms with Gasteiger partial charge in [-0.3, -0.25) is 0 Å². The first-order valence-corrected chi connectivity index (χ1v) is 9.99. The molecule has 1 aliphatic rings. The highest BCUT2D eigenvalue weighted by Crippen LogP contribution is 2.28. The third kappa shape index (κ3) is 4.20. The van der Waals surface area contributed by atoms with Crippen LogP contribution in [-0.2, 0) is 19.7 Å². The Kier molecular flexibility index (Phi) is 5.20. The SMILES string of the molecule is CCC(N)CS(=O)(=O)C1CCCC(S(C)(=O)=O)C1. The van der Waals surface area contributed by atoms with Gasteiger partial charge >= 0.3 is 0 Å². The predicted molar refractivity (Wildman–Crippen MR) is 72.9 cm³/mol. The smallest absolute Gasteiger partial charge is 0.154 e. The maximum absolute atomic E-state index is 12.2. The summed E-state index contributed by atoms with van der Waals surface area (Å²) in [6.07, 6.45) is 3.82. The van der Waals surface area contributed by atoms with Crippen LogP contribution in [-0.4, -0.2) is 45.4 Å². The molecule has 108 valence electrons. The summed E-state index contributed by atoms with van der Waals surface area (Å²) in [5, 5.41) is -1.05. The van der Waals surface area contributed by atoms with Crippen LogP contribution in [0.4, 0.5) is 0 Å². The van der Waals surface area contributed by atoms with Gasteiger partial charge in [0.15, 0.2) is 9.84 Å². The second kappa shape index (κ2) is 5.88. The first kappa shape index (κ1) is 15.9. The number of rotatable bonds is 5. The predicted octanol–water partition coefficient (Wildman–Crippen LogP) is 0.494. The number of sulfone groups is 2. The Morgan fingerprint density at radius 3 is 2.22 bits per heavy atom. The normalized spacial score (nSPS) is 27.9. The molecule has 0 heterocycles. The molecular formula is C11H23NO4S2. The van der Waals surface area contributed by atoms with Crippen molar-refractivity contribution in [3.63, 3.8) is 0 Å². The number of nitrogens with two attached hydrogens (primary N) is 1. The molecule has 2 N–H and O–H groups in total. The first-order chi connectivity index (χ1) is 8.16. The second-order valence-corrected chi connectivity index (χ2v) is 9.89. The minimum absolute atomic E-state index is 0.0371. The van der Waals surface area contributed by atoms with Gasteiger partial charge in [0, 0.05) is 12.3 Å². The molecule has 0 aromatic rings. The summed E-state index contributed by atoms with van der Waals surface area (Å²) in [7, 11) is -6.43. The molecule has 18 heavy (non-hydrogen) atoms. The van der Waals surface area contributed by atoms with E-state index in [0.29, 0.717) is 25.7 Å². The maximum atomic E-state index is 12.2. The van der Waals surface area contributed by atoms with Crippen LogP contribution in [0.15, 0.2) is 0 Å². The molecular weight excluding hydrogens is 274 g/mol. The van der Waals surface area contributed by atoms with Gasteiger partial charge in [0.1, 0.15) is 9.84 Å². The third-order valence-corrected chi connectivity index (χ3v) is 7.64. The van der Waals surface area contributed by atoms with Crippen molar-refractivity contribution in [2.75, 3.05) is 12.0 Å². The molecule has 1 rings (SSSR count). The van der Waals surface area contributed by atoms with Crippen LogP contribution < -0.4 is 5.73 Å². The maximum Gasteiger partial charge on any atom is 0.154 e. The van der Waals surface area contributed by atoms with E-state index in [1.54, 1.807) is 0 Å². The molecule has 0 aromatic heterocycles. The van der Waals surface area contributed by atoms with Crippen LogP contribution in [0.5, 0.6) is 0 Å². The van der Waals surface area contributed by atoms with Crippen LogP contribution in [0.3, 0.4) is 0 Å². The number of hydrogen-bond acceptors (Lipinski definition) is 5. The van der Waals surface area contributed by atoms with Crippen molar-refractivity contribution < 1.29 is 16.8 Å². The van der Waals surface area contributed by atoms with Crippen LogP contribution >= 0.6 is 0 Å². The van der Waals surface area contributed by atoms with E-state index in [0.717, 1.165) is 0 Å². The Morgan fingerprint density at radius 1 is 1.17 bits per heavy atom. The quantitative estimate of drug-likeness (QED) is 0.797. The fourth-order valence-corrected chi connectivity index (χ4v) is 5.82. The summed E-state index contributed by atoms with van der Waals surface area (Å²) in [5.74, 6) is -0.0371. The van der Waals surface area contributed by atoms with E-state index < -0.39 is 30.2 Å². The molecule has 3 atom stereocenters. The van der Waals surface area contributed by atoms with E-state index in [-0.39, 0.29) is 18.2 Å². The highest BCUT2D eigenvalue weighted by atomic mass is 32.2. The lowest BCUT2D eigenvalue weighted by atomic mass is 10.00. The lowest BCUT2D eigenvalue weighted by Gasteiger charge is -2.28. The summed E-state index contributed by atoms with van der Waals surface area (Å²) >= 11 is 0. The first-order valence-electron chi connectivity index (χ1n) is 6.32. The molecule has 0 saturated heterocycles. The van der Waals surface area contributed by atoms with Crippen LogP contribution in [0.25, 0.3) is 0 Å². The van der Waals surface area contributed by atoms with E-state index in [1.807, 2.05) is 6.92 Å².